The molecule has 29 heavy (non-hydrogen) atoms. The highest BCUT2D eigenvalue weighted by molar-refractivity contribution is 5.76. The lowest BCUT2D eigenvalue weighted by Crippen LogP contribution is -2.46. The molecule has 0 saturated carbocycles. The van der Waals surface area contributed by atoms with E-state index in [-0.39, 0.29) is 12.1 Å². The van der Waals surface area contributed by atoms with Gasteiger partial charge in [-0.2, -0.15) is 8.78 Å². The van der Waals surface area contributed by atoms with Crippen molar-refractivity contribution in [2.75, 3.05) is 13.1 Å². The second-order valence-corrected chi connectivity index (χ2v) is 7.98. The molecular weight excluding hydrogens is 376 g/mol. The van der Waals surface area contributed by atoms with E-state index in [4.69, 9.17) is 9.47 Å². The van der Waals surface area contributed by atoms with E-state index in [1.54, 1.807) is 45.0 Å². The zero-order valence-corrected chi connectivity index (χ0v) is 16.8. The van der Waals surface area contributed by atoms with E-state index in [0.717, 1.165) is 10.5 Å². The highest BCUT2D eigenvalue weighted by Gasteiger charge is 2.42. The van der Waals surface area contributed by atoms with Gasteiger partial charge in [-0.15, -0.1) is 0 Å². The summed E-state index contributed by atoms with van der Waals surface area (Å²) in [6, 6.07) is 16.3. The minimum absolute atomic E-state index is 0.0755. The Hall–Kier alpha value is -2.89. The number of halogens is 2. The van der Waals surface area contributed by atoms with Crippen LogP contribution in [0.3, 0.4) is 0 Å². The highest BCUT2D eigenvalue weighted by atomic mass is 19.3. The van der Waals surface area contributed by atoms with Crippen LogP contribution in [0.2, 0.25) is 0 Å². The van der Waals surface area contributed by atoms with Gasteiger partial charge in [0.1, 0.15) is 18.0 Å². The summed E-state index contributed by atoms with van der Waals surface area (Å²) in [6.45, 7) is 4.89. The van der Waals surface area contributed by atoms with Gasteiger partial charge < -0.3 is 9.47 Å². The zero-order valence-electron chi connectivity index (χ0n) is 16.8. The number of nitrogens with zero attached hydrogens (tertiary/aromatic N) is 1. The molecular formula is C23H25F2NO3. The Morgan fingerprint density at radius 2 is 1.72 bits per heavy atom. The van der Waals surface area contributed by atoms with Gasteiger partial charge in [-0.05, 0) is 44.0 Å². The first-order valence-electron chi connectivity index (χ1n) is 9.48. The fourth-order valence-corrected chi connectivity index (χ4v) is 3.01. The van der Waals surface area contributed by atoms with Gasteiger partial charge in [0, 0.05) is 12.1 Å². The van der Waals surface area contributed by atoms with Crippen molar-refractivity contribution in [1.29, 1.82) is 0 Å². The summed E-state index contributed by atoms with van der Waals surface area (Å²) in [7, 11) is 0. The molecule has 0 aliphatic carbocycles. The van der Waals surface area contributed by atoms with Crippen LogP contribution in [0, 0.1) is 0 Å². The highest BCUT2D eigenvalue weighted by Crippen LogP contribution is 2.37. The standard InChI is InChI=1S/C23H25F2NO3/c1-22(2,3)29-21(27)26-14-13-20(23(24,25)16-26)18-9-11-19(12-10-18)28-15-17-7-5-4-6-8-17/h4-13H,14-16H2,1-3H3. The summed E-state index contributed by atoms with van der Waals surface area (Å²) in [5, 5.41) is 0. The first-order chi connectivity index (χ1) is 13.6. The van der Waals surface area contributed by atoms with E-state index in [0.29, 0.717) is 17.9 Å². The predicted octanol–water partition coefficient (Wildman–Crippen LogP) is 5.54. The van der Waals surface area contributed by atoms with Crippen LogP contribution < -0.4 is 4.74 Å². The summed E-state index contributed by atoms with van der Waals surface area (Å²) < 4.78 is 40.3. The largest absolute Gasteiger partial charge is 0.489 e. The fourth-order valence-electron chi connectivity index (χ4n) is 3.01. The van der Waals surface area contributed by atoms with Crippen molar-refractivity contribution >= 4 is 11.7 Å². The average Bonchev–Trinajstić information content (AvgIpc) is 2.65. The maximum atomic E-state index is 14.7. The minimum Gasteiger partial charge on any atom is -0.489 e. The lowest BCUT2D eigenvalue weighted by Gasteiger charge is -2.34. The van der Waals surface area contributed by atoms with Crippen LogP contribution in [0.15, 0.2) is 60.7 Å². The predicted molar refractivity (Wildman–Crippen MR) is 108 cm³/mol. The van der Waals surface area contributed by atoms with Crippen LogP contribution in [0.1, 0.15) is 31.9 Å². The number of carbonyl (C=O) groups excluding carboxylic acids is 1. The van der Waals surface area contributed by atoms with E-state index >= 15 is 0 Å². The first-order valence-corrected chi connectivity index (χ1v) is 9.48. The Bertz CT molecular complexity index is 871. The quantitative estimate of drug-likeness (QED) is 0.676. The number of hydrogen-bond donors (Lipinski definition) is 0. The summed E-state index contributed by atoms with van der Waals surface area (Å²) in [4.78, 5) is 13.1. The molecule has 0 bridgehead atoms. The molecule has 1 aliphatic heterocycles. The molecule has 2 aromatic rings. The van der Waals surface area contributed by atoms with Crippen molar-refractivity contribution < 1.29 is 23.0 Å². The Morgan fingerprint density at radius 1 is 1.07 bits per heavy atom. The molecule has 2 aromatic carbocycles. The average molecular weight is 401 g/mol. The van der Waals surface area contributed by atoms with Crippen molar-refractivity contribution in [3.05, 3.63) is 71.8 Å². The van der Waals surface area contributed by atoms with Gasteiger partial charge in [0.2, 0.25) is 0 Å². The Labute approximate surface area is 169 Å². The Morgan fingerprint density at radius 3 is 2.31 bits per heavy atom. The number of benzene rings is 2. The van der Waals surface area contributed by atoms with Gasteiger partial charge >= 0.3 is 6.09 Å². The molecule has 154 valence electrons. The Balaban J connectivity index is 1.67. The van der Waals surface area contributed by atoms with E-state index in [9.17, 15) is 13.6 Å². The van der Waals surface area contributed by atoms with Crippen molar-refractivity contribution in [1.82, 2.24) is 4.90 Å². The van der Waals surface area contributed by atoms with Crippen LogP contribution >= 0.6 is 0 Å². The van der Waals surface area contributed by atoms with Gasteiger partial charge in [-0.1, -0.05) is 48.5 Å². The second-order valence-electron chi connectivity index (χ2n) is 7.98. The van der Waals surface area contributed by atoms with Gasteiger partial charge in [0.15, 0.2) is 0 Å². The normalized spacial score (nSPS) is 16.2. The molecule has 0 fully saturated rings. The summed E-state index contributed by atoms with van der Waals surface area (Å²) in [5.41, 5.74) is 0.615. The fraction of sp³-hybridized carbons (Fsp3) is 0.348. The molecule has 4 nitrogen and oxygen atoms in total. The maximum Gasteiger partial charge on any atom is 0.410 e. The van der Waals surface area contributed by atoms with Crippen LogP contribution in [0.5, 0.6) is 5.75 Å². The minimum atomic E-state index is -3.17. The molecule has 0 atom stereocenters. The van der Waals surface area contributed by atoms with Crippen LogP contribution in [-0.2, 0) is 11.3 Å². The van der Waals surface area contributed by atoms with Crippen molar-refractivity contribution in [3.63, 3.8) is 0 Å². The third-order valence-corrected chi connectivity index (χ3v) is 4.36. The van der Waals surface area contributed by atoms with Crippen molar-refractivity contribution in [3.8, 4) is 5.75 Å². The number of hydrogen-bond acceptors (Lipinski definition) is 3. The summed E-state index contributed by atoms with van der Waals surface area (Å²) in [6.07, 6.45) is 0.643. The first kappa shape index (κ1) is 20.8. The van der Waals surface area contributed by atoms with Crippen molar-refractivity contribution in [2.45, 2.75) is 38.9 Å². The molecule has 1 heterocycles. The van der Waals surface area contributed by atoms with Crippen molar-refractivity contribution in [2.24, 2.45) is 0 Å². The van der Waals surface area contributed by atoms with Crippen LogP contribution in [0.25, 0.3) is 5.57 Å². The lowest BCUT2D eigenvalue weighted by atomic mass is 9.96. The maximum absolute atomic E-state index is 14.7. The zero-order chi connectivity index (χ0) is 21.1. The molecule has 6 heteroatoms. The molecule has 1 aliphatic rings. The van der Waals surface area contributed by atoms with E-state index in [1.165, 1.54) is 6.08 Å². The third-order valence-electron chi connectivity index (χ3n) is 4.36. The van der Waals surface area contributed by atoms with Gasteiger partial charge in [0.25, 0.3) is 5.92 Å². The molecule has 1 amide bonds. The van der Waals surface area contributed by atoms with E-state index < -0.39 is 24.2 Å². The van der Waals surface area contributed by atoms with E-state index in [1.807, 2.05) is 30.3 Å². The monoisotopic (exact) mass is 401 g/mol. The smallest absolute Gasteiger partial charge is 0.410 e. The molecule has 0 aromatic heterocycles. The van der Waals surface area contributed by atoms with Gasteiger partial charge in [-0.25, -0.2) is 4.79 Å². The number of alkyl halides is 2. The van der Waals surface area contributed by atoms with Crippen LogP contribution in [-0.4, -0.2) is 35.6 Å². The molecule has 0 N–H and O–H groups in total. The topological polar surface area (TPSA) is 38.8 Å². The summed E-state index contributed by atoms with van der Waals surface area (Å²) >= 11 is 0. The van der Waals surface area contributed by atoms with Gasteiger partial charge in [-0.3, -0.25) is 4.90 Å². The number of amides is 1. The number of rotatable bonds is 4. The molecule has 0 saturated heterocycles. The van der Waals surface area contributed by atoms with Gasteiger partial charge in [0.05, 0.1) is 6.54 Å². The molecule has 0 spiro atoms. The van der Waals surface area contributed by atoms with E-state index in [2.05, 4.69) is 0 Å². The molecule has 3 rings (SSSR count). The molecule has 0 unspecified atom stereocenters. The molecule has 0 radical (unpaired) electrons. The SMILES string of the molecule is CC(C)(C)OC(=O)N1CC=C(c2ccc(OCc3ccccc3)cc2)C(F)(F)C1. The van der Waals surface area contributed by atoms with Crippen LogP contribution in [0.4, 0.5) is 13.6 Å². The summed E-state index contributed by atoms with van der Waals surface area (Å²) in [5.74, 6) is -2.56. The lowest BCUT2D eigenvalue weighted by molar-refractivity contribution is -0.0105. The second kappa shape index (κ2) is 8.23. The third kappa shape index (κ3) is 5.56. The Kier molecular flexibility index (Phi) is 5.91. The number of ether oxygens (including phenoxy) is 2. The number of carbonyl (C=O) groups is 1.